The molecule has 1 nitrogen and oxygen atoms in total. The fraction of sp³-hybridized carbons (Fsp3) is 0.375. The van der Waals surface area contributed by atoms with Gasteiger partial charge in [-0.2, -0.15) is 0 Å². The number of hydrogen-bond donors (Lipinski definition) is 1. The van der Waals surface area contributed by atoms with E-state index in [-0.39, 0.29) is 0 Å². The van der Waals surface area contributed by atoms with E-state index in [1.807, 2.05) is 11.3 Å². The SMILES string of the molecule is C[C@@H](NC1CCCc2sc(Br)cc21)c1ccc(Br)cc1. The molecule has 1 heterocycles. The minimum atomic E-state index is 0.373. The molecule has 1 aromatic heterocycles. The lowest BCUT2D eigenvalue weighted by atomic mass is 9.93. The molecular formula is C16H17Br2NS. The van der Waals surface area contributed by atoms with Crippen molar-refractivity contribution in [3.05, 3.63) is 54.6 Å². The highest BCUT2D eigenvalue weighted by Gasteiger charge is 2.24. The third-order valence-corrected chi connectivity index (χ3v) is 6.15. The molecule has 106 valence electrons. The predicted octanol–water partition coefficient (Wildman–Crippen LogP) is 6.00. The fourth-order valence-corrected chi connectivity index (χ4v) is 4.93. The summed E-state index contributed by atoms with van der Waals surface area (Å²) < 4.78 is 2.39. The first-order valence-electron chi connectivity index (χ1n) is 6.93. The Morgan fingerprint density at radius 1 is 1.25 bits per heavy atom. The van der Waals surface area contributed by atoms with E-state index in [2.05, 4.69) is 74.4 Å². The molecule has 4 heteroatoms. The van der Waals surface area contributed by atoms with Crippen molar-refractivity contribution in [2.75, 3.05) is 0 Å². The van der Waals surface area contributed by atoms with Gasteiger partial charge in [-0.1, -0.05) is 28.1 Å². The van der Waals surface area contributed by atoms with Crippen molar-refractivity contribution < 1.29 is 0 Å². The summed E-state index contributed by atoms with van der Waals surface area (Å²) in [6, 6.07) is 11.8. The topological polar surface area (TPSA) is 12.0 Å². The number of fused-ring (bicyclic) bond motifs is 1. The maximum Gasteiger partial charge on any atom is 0.0704 e. The molecule has 0 spiro atoms. The average Bonchev–Trinajstić information content (AvgIpc) is 2.81. The summed E-state index contributed by atoms with van der Waals surface area (Å²) in [7, 11) is 0. The van der Waals surface area contributed by atoms with Crippen LogP contribution in [0.5, 0.6) is 0 Å². The summed E-state index contributed by atoms with van der Waals surface area (Å²) >= 11 is 9.01. The van der Waals surface area contributed by atoms with E-state index in [4.69, 9.17) is 0 Å². The van der Waals surface area contributed by atoms with Gasteiger partial charge in [-0.25, -0.2) is 0 Å². The van der Waals surface area contributed by atoms with E-state index in [1.54, 1.807) is 4.88 Å². The largest absolute Gasteiger partial charge is 0.303 e. The van der Waals surface area contributed by atoms with Gasteiger partial charge >= 0.3 is 0 Å². The summed E-state index contributed by atoms with van der Waals surface area (Å²) in [6.07, 6.45) is 3.75. The molecule has 1 aliphatic carbocycles. The van der Waals surface area contributed by atoms with Gasteiger partial charge in [-0.3, -0.25) is 0 Å². The van der Waals surface area contributed by atoms with Crippen LogP contribution in [0.25, 0.3) is 0 Å². The molecule has 1 N–H and O–H groups in total. The van der Waals surface area contributed by atoms with Crippen LogP contribution in [-0.4, -0.2) is 0 Å². The highest BCUT2D eigenvalue weighted by molar-refractivity contribution is 9.11. The molecule has 20 heavy (non-hydrogen) atoms. The fourth-order valence-electron chi connectivity index (χ4n) is 2.84. The van der Waals surface area contributed by atoms with Gasteiger partial charge in [0.2, 0.25) is 0 Å². The number of aryl methyl sites for hydroxylation is 1. The molecule has 0 aliphatic heterocycles. The normalized spacial score (nSPS) is 19.6. The van der Waals surface area contributed by atoms with Crippen molar-refractivity contribution in [3.8, 4) is 0 Å². The minimum absolute atomic E-state index is 0.373. The summed E-state index contributed by atoms with van der Waals surface area (Å²) in [4.78, 5) is 1.55. The Morgan fingerprint density at radius 2 is 2.00 bits per heavy atom. The van der Waals surface area contributed by atoms with E-state index >= 15 is 0 Å². The van der Waals surface area contributed by atoms with Gasteiger partial charge in [0.1, 0.15) is 0 Å². The highest BCUT2D eigenvalue weighted by Crippen LogP contribution is 2.38. The molecule has 0 bridgehead atoms. The van der Waals surface area contributed by atoms with Crippen LogP contribution < -0.4 is 5.32 Å². The Bertz CT molecular complexity index is 591. The number of rotatable bonds is 3. The van der Waals surface area contributed by atoms with Crippen LogP contribution in [-0.2, 0) is 6.42 Å². The van der Waals surface area contributed by atoms with Crippen LogP contribution in [0.15, 0.2) is 38.6 Å². The zero-order valence-corrected chi connectivity index (χ0v) is 15.3. The average molecular weight is 415 g/mol. The zero-order valence-electron chi connectivity index (χ0n) is 11.3. The number of thiophene rings is 1. The maximum atomic E-state index is 3.79. The van der Waals surface area contributed by atoms with Crippen molar-refractivity contribution in [2.45, 2.75) is 38.3 Å². The molecule has 1 aliphatic rings. The van der Waals surface area contributed by atoms with Crippen LogP contribution in [0.4, 0.5) is 0 Å². The molecule has 0 amide bonds. The summed E-state index contributed by atoms with van der Waals surface area (Å²) in [5, 5.41) is 3.79. The van der Waals surface area contributed by atoms with Crippen LogP contribution >= 0.6 is 43.2 Å². The van der Waals surface area contributed by atoms with E-state index in [9.17, 15) is 0 Å². The number of hydrogen-bond acceptors (Lipinski definition) is 2. The van der Waals surface area contributed by atoms with Crippen LogP contribution in [0.3, 0.4) is 0 Å². The highest BCUT2D eigenvalue weighted by atomic mass is 79.9. The Balaban J connectivity index is 1.76. The van der Waals surface area contributed by atoms with Crippen LogP contribution in [0.1, 0.15) is 47.9 Å². The number of benzene rings is 1. The molecular weight excluding hydrogens is 398 g/mol. The lowest BCUT2D eigenvalue weighted by Gasteiger charge is -2.27. The number of nitrogens with one attached hydrogen (secondary N) is 1. The molecule has 0 fully saturated rings. The first kappa shape index (κ1) is 14.8. The van der Waals surface area contributed by atoms with Crippen LogP contribution in [0.2, 0.25) is 0 Å². The predicted molar refractivity (Wildman–Crippen MR) is 93.4 cm³/mol. The maximum absolute atomic E-state index is 3.79. The Labute approximate surface area is 141 Å². The van der Waals surface area contributed by atoms with E-state index in [1.165, 1.54) is 34.2 Å². The van der Waals surface area contributed by atoms with Crippen molar-refractivity contribution >= 4 is 43.2 Å². The minimum Gasteiger partial charge on any atom is -0.303 e. The van der Waals surface area contributed by atoms with E-state index < -0.39 is 0 Å². The van der Waals surface area contributed by atoms with Gasteiger partial charge in [-0.15, -0.1) is 11.3 Å². The zero-order chi connectivity index (χ0) is 14.1. The van der Waals surface area contributed by atoms with Crippen molar-refractivity contribution in [3.63, 3.8) is 0 Å². The van der Waals surface area contributed by atoms with Gasteiger partial charge in [-0.05, 0) is 71.4 Å². The molecule has 3 rings (SSSR count). The monoisotopic (exact) mass is 413 g/mol. The van der Waals surface area contributed by atoms with E-state index in [0.29, 0.717) is 12.1 Å². The Morgan fingerprint density at radius 3 is 2.75 bits per heavy atom. The molecule has 0 radical (unpaired) electrons. The lowest BCUT2D eigenvalue weighted by molar-refractivity contribution is 0.418. The van der Waals surface area contributed by atoms with Gasteiger partial charge in [0.25, 0.3) is 0 Å². The first-order valence-corrected chi connectivity index (χ1v) is 9.33. The molecule has 0 saturated carbocycles. The van der Waals surface area contributed by atoms with Crippen LogP contribution in [0, 0.1) is 0 Å². The Kier molecular flexibility index (Phi) is 4.65. The van der Waals surface area contributed by atoms with Crippen molar-refractivity contribution in [2.24, 2.45) is 0 Å². The third kappa shape index (κ3) is 3.19. The lowest BCUT2D eigenvalue weighted by Crippen LogP contribution is -2.27. The summed E-state index contributed by atoms with van der Waals surface area (Å²) in [5.74, 6) is 0. The van der Waals surface area contributed by atoms with Gasteiger partial charge in [0.15, 0.2) is 0 Å². The smallest absolute Gasteiger partial charge is 0.0704 e. The molecule has 1 aromatic carbocycles. The van der Waals surface area contributed by atoms with Crippen molar-refractivity contribution in [1.29, 1.82) is 0 Å². The van der Waals surface area contributed by atoms with Gasteiger partial charge < -0.3 is 5.32 Å². The first-order chi connectivity index (χ1) is 9.63. The standard InChI is InChI=1S/C16H17Br2NS/c1-10(11-5-7-12(17)8-6-11)19-14-3-2-4-15-13(14)9-16(18)20-15/h5-10,14,19H,2-4H2,1H3/t10-,14?/m1/s1. The quantitative estimate of drug-likeness (QED) is 0.649. The Hall–Kier alpha value is -0.160. The second kappa shape index (κ2) is 6.30. The van der Waals surface area contributed by atoms with Gasteiger partial charge in [0.05, 0.1) is 3.79 Å². The second-order valence-electron chi connectivity index (χ2n) is 5.31. The second-order valence-corrected chi connectivity index (χ2v) is 8.75. The molecule has 2 aromatic rings. The molecule has 0 saturated heterocycles. The van der Waals surface area contributed by atoms with Gasteiger partial charge in [0, 0.05) is 21.4 Å². The summed E-state index contributed by atoms with van der Waals surface area (Å²) in [6.45, 7) is 2.25. The van der Waals surface area contributed by atoms with E-state index in [0.717, 1.165) is 4.47 Å². The molecule has 2 atom stereocenters. The number of halogens is 2. The molecule has 1 unspecified atom stereocenters. The summed E-state index contributed by atoms with van der Waals surface area (Å²) in [5.41, 5.74) is 2.84. The van der Waals surface area contributed by atoms with Crippen molar-refractivity contribution in [1.82, 2.24) is 5.32 Å². The third-order valence-electron chi connectivity index (χ3n) is 3.90.